The van der Waals surface area contributed by atoms with Gasteiger partial charge in [0.2, 0.25) is 0 Å². The Bertz CT molecular complexity index is 767. The predicted octanol–water partition coefficient (Wildman–Crippen LogP) is 2.47. The summed E-state index contributed by atoms with van der Waals surface area (Å²) in [4.78, 5) is 12.9. The van der Waals surface area contributed by atoms with Crippen molar-refractivity contribution in [3.05, 3.63) is 29.6 Å². The molecule has 148 valence electrons. The zero-order valence-electron chi connectivity index (χ0n) is 15.9. The summed E-state index contributed by atoms with van der Waals surface area (Å²) in [7, 11) is 0. The van der Waals surface area contributed by atoms with Gasteiger partial charge in [0.15, 0.2) is 24.0 Å². The van der Waals surface area contributed by atoms with E-state index in [1.165, 1.54) is 6.07 Å². The maximum Gasteiger partial charge on any atom is 0.256 e. The molecule has 0 saturated carbocycles. The van der Waals surface area contributed by atoms with Gasteiger partial charge in [-0.05, 0) is 52.3 Å². The minimum atomic E-state index is -0.986. The SMILES string of the molecule is Cc1ccc(NC(=O)[C@H]2O[C@H]3OC(C)(C)O[C@@H]3[C@H]3OC(C)(C)O[C@@H]32)cc1F. The van der Waals surface area contributed by atoms with Crippen LogP contribution in [0.15, 0.2) is 18.2 Å². The minimum Gasteiger partial charge on any atom is -0.342 e. The number of aryl methyl sites for hydroxylation is 1. The van der Waals surface area contributed by atoms with Gasteiger partial charge >= 0.3 is 0 Å². The first-order valence-electron chi connectivity index (χ1n) is 8.98. The van der Waals surface area contributed by atoms with Gasteiger partial charge in [0.25, 0.3) is 5.91 Å². The molecule has 0 aromatic heterocycles. The van der Waals surface area contributed by atoms with E-state index in [1.807, 2.05) is 0 Å². The molecule has 3 fully saturated rings. The highest BCUT2D eigenvalue weighted by Gasteiger charge is 2.62. The third kappa shape index (κ3) is 3.48. The molecule has 0 aliphatic carbocycles. The molecule has 1 N–H and O–H groups in total. The van der Waals surface area contributed by atoms with Crippen LogP contribution < -0.4 is 5.32 Å². The molecule has 3 saturated heterocycles. The Kier molecular flexibility index (Phi) is 4.32. The second-order valence-corrected chi connectivity index (χ2v) is 8.04. The van der Waals surface area contributed by atoms with E-state index in [1.54, 1.807) is 46.8 Å². The summed E-state index contributed by atoms with van der Waals surface area (Å²) in [6.07, 6.45) is -3.45. The number of ether oxygens (including phenoxy) is 5. The zero-order valence-corrected chi connectivity index (χ0v) is 15.9. The number of anilines is 1. The predicted molar refractivity (Wildman–Crippen MR) is 92.3 cm³/mol. The molecular formula is C19H24FNO6. The average Bonchev–Trinajstić information content (AvgIpc) is 3.04. The number of halogens is 1. The highest BCUT2D eigenvalue weighted by atomic mass is 19.1. The van der Waals surface area contributed by atoms with Crippen molar-refractivity contribution in [2.45, 2.75) is 76.9 Å². The summed E-state index contributed by atoms with van der Waals surface area (Å²) in [5, 5.41) is 2.68. The van der Waals surface area contributed by atoms with E-state index in [0.29, 0.717) is 11.3 Å². The Morgan fingerprint density at radius 3 is 2.33 bits per heavy atom. The Morgan fingerprint density at radius 1 is 1.00 bits per heavy atom. The van der Waals surface area contributed by atoms with Crippen molar-refractivity contribution in [1.29, 1.82) is 0 Å². The monoisotopic (exact) mass is 381 g/mol. The summed E-state index contributed by atoms with van der Waals surface area (Å²) >= 11 is 0. The molecule has 7 nitrogen and oxygen atoms in total. The van der Waals surface area contributed by atoms with Gasteiger partial charge in [-0.3, -0.25) is 4.79 Å². The van der Waals surface area contributed by atoms with Crippen LogP contribution in [0.1, 0.15) is 33.3 Å². The Morgan fingerprint density at radius 2 is 1.63 bits per heavy atom. The second kappa shape index (κ2) is 6.22. The molecule has 0 spiro atoms. The quantitative estimate of drug-likeness (QED) is 0.848. The lowest BCUT2D eigenvalue weighted by Crippen LogP contribution is -2.58. The summed E-state index contributed by atoms with van der Waals surface area (Å²) < 4.78 is 43.2. The van der Waals surface area contributed by atoms with E-state index in [9.17, 15) is 9.18 Å². The first-order chi connectivity index (χ1) is 12.5. The van der Waals surface area contributed by atoms with Gasteiger partial charge in [0.05, 0.1) is 0 Å². The van der Waals surface area contributed by atoms with E-state index < -0.39 is 54.0 Å². The number of amides is 1. The van der Waals surface area contributed by atoms with E-state index in [-0.39, 0.29) is 0 Å². The van der Waals surface area contributed by atoms with Crippen LogP contribution >= 0.6 is 0 Å². The number of benzene rings is 1. The standard InChI is InChI=1S/C19H24FNO6/c1-9-6-7-10(8-11(9)20)21-16(22)14-12-13(25-18(2,3)24-12)15-17(23-14)27-19(4,5)26-15/h6-8,12-15,17H,1-5H3,(H,21,22)/t12-,13-,14-,15+,17-/m0/s1. The fourth-order valence-corrected chi connectivity index (χ4v) is 3.71. The van der Waals surface area contributed by atoms with E-state index in [4.69, 9.17) is 23.7 Å². The van der Waals surface area contributed by atoms with Crippen molar-refractivity contribution < 1.29 is 32.9 Å². The summed E-state index contributed by atoms with van der Waals surface area (Å²) in [5.41, 5.74) is 0.838. The smallest absolute Gasteiger partial charge is 0.256 e. The van der Waals surface area contributed by atoms with E-state index in [2.05, 4.69) is 5.32 Å². The molecule has 3 aliphatic rings. The summed E-state index contributed by atoms with van der Waals surface area (Å²) in [6, 6.07) is 4.50. The minimum absolute atomic E-state index is 0.340. The fourth-order valence-electron chi connectivity index (χ4n) is 3.71. The van der Waals surface area contributed by atoms with Crippen molar-refractivity contribution in [3.8, 4) is 0 Å². The van der Waals surface area contributed by atoms with Crippen LogP contribution in [0.25, 0.3) is 0 Å². The fraction of sp³-hybridized carbons (Fsp3) is 0.632. The van der Waals surface area contributed by atoms with Crippen LogP contribution in [0, 0.1) is 12.7 Å². The first-order valence-corrected chi connectivity index (χ1v) is 8.98. The van der Waals surface area contributed by atoms with Crippen molar-refractivity contribution in [2.24, 2.45) is 0 Å². The van der Waals surface area contributed by atoms with Crippen LogP contribution in [0.5, 0.6) is 0 Å². The molecule has 1 aromatic rings. The van der Waals surface area contributed by atoms with Gasteiger partial charge in [-0.15, -0.1) is 0 Å². The van der Waals surface area contributed by atoms with Gasteiger partial charge in [0, 0.05) is 5.69 Å². The number of carbonyl (C=O) groups is 1. The van der Waals surface area contributed by atoms with Crippen LogP contribution in [-0.2, 0) is 28.5 Å². The Balaban J connectivity index is 1.57. The Hall–Kier alpha value is -1.58. The first kappa shape index (κ1) is 18.8. The third-order valence-corrected chi connectivity index (χ3v) is 4.85. The molecule has 8 heteroatoms. The molecule has 0 radical (unpaired) electrons. The van der Waals surface area contributed by atoms with Gasteiger partial charge in [-0.25, -0.2) is 4.39 Å². The topological polar surface area (TPSA) is 75.3 Å². The number of carbonyl (C=O) groups excluding carboxylic acids is 1. The zero-order chi connectivity index (χ0) is 19.6. The van der Waals surface area contributed by atoms with E-state index in [0.717, 1.165) is 0 Å². The van der Waals surface area contributed by atoms with E-state index >= 15 is 0 Å². The summed E-state index contributed by atoms with van der Waals surface area (Å²) in [6.45, 7) is 8.74. The third-order valence-electron chi connectivity index (χ3n) is 4.85. The lowest BCUT2D eigenvalue weighted by molar-refractivity contribution is -0.229. The molecule has 1 amide bonds. The molecule has 3 aliphatic heterocycles. The molecule has 3 heterocycles. The normalized spacial score (nSPS) is 36.1. The number of nitrogens with one attached hydrogen (secondary N) is 1. The maximum atomic E-state index is 13.8. The number of fused-ring (bicyclic) bond motifs is 3. The number of hydrogen-bond acceptors (Lipinski definition) is 6. The molecular weight excluding hydrogens is 357 g/mol. The number of rotatable bonds is 2. The molecule has 5 atom stereocenters. The van der Waals surface area contributed by atoms with Crippen molar-refractivity contribution >= 4 is 11.6 Å². The average molecular weight is 381 g/mol. The molecule has 4 rings (SSSR count). The maximum absolute atomic E-state index is 13.8. The van der Waals surface area contributed by atoms with Crippen LogP contribution in [0.2, 0.25) is 0 Å². The molecule has 0 unspecified atom stereocenters. The molecule has 27 heavy (non-hydrogen) atoms. The Labute approximate surface area is 157 Å². The highest BCUT2D eigenvalue weighted by Crippen LogP contribution is 2.44. The molecule has 0 bridgehead atoms. The van der Waals surface area contributed by atoms with Crippen LogP contribution in [0.4, 0.5) is 10.1 Å². The van der Waals surface area contributed by atoms with Crippen molar-refractivity contribution in [3.63, 3.8) is 0 Å². The van der Waals surface area contributed by atoms with Crippen LogP contribution in [0.3, 0.4) is 0 Å². The number of hydrogen-bond donors (Lipinski definition) is 1. The summed E-state index contributed by atoms with van der Waals surface area (Å²) in [5.74, 6) is -2.60. The van der Waals surface area contributed by atoms with Gasteiger partial charge in [-0.1, -0.05) is 6.07 Å². The largest absolute Gasteiger partial charge is 0.342 e. The van der Waals surface area contributed by atoms with Gasteiger partial charge < -0.3 is 29.0 Å². The lowest BCUT2D eigenvalue weighted by atomic mass is 9.98. The van der Waals surface area contributed by atoms with Gasteiger partial charge in [-0.2, -0.15) is 0 Å². The van der Waals surface area contributed by atoms with Gasteiger partial charge in [0.1, 0.15) is 24.1 Å². The van der Waals surface area contributed by atoms with Crippen molar-refractivity contribution in [1.82, 2.24) is 0 Å². The lowest BCUT2D eigenvalue weighted by Gasteiger charge is -2.36. The van der Waals surface area contributed by atoms with Crippen LogP contribution in [-0.4, -0.2) is 48.2 Å². The van der Waals surface area contributed by atoms with Crippen molar-refractivity contribution in [2.75, 3.05) is 5.32 Å². The molecule has 1 aromatic carbocycles. The second-order valence-electron chi connectivity index (χ2n) is 8.04. The highest BCUT2D eigenvalue weighted by molar-refractivity contribution is 5.94.